The fourth-order valence-corrected chi connectivity index (χ4v) is 7.38. The van der Waals surface area contributed by atoms with Crippen LogP contribution in [0.3, 0.4) is 0 Å². The third-order valence-electron chi connectivity index (χ3n) is 8.46. The van der Waals surface area contributed by atoms with E-state index in [0.717, 1.165) is 37.8 Å². The summed E-state index contributed by atoms with van der Waals surface area (Å²) in [5, 5.41) is 0.926. The number of nitrogens with zero attached hydrogens (tertiary/aromatic N) is 3. The number of anilines is 1. The summed E-state index contributed by atoms with van der Waals surface area (Å²) in [6.07, 6.45) is 3.37. The minimum atomic E-state index is -5.14. The molecule has 1 aliphatic heterocycles. The van der Waals surface area contributed by atoms with E-state index >= 15 is 0 Å². The molecule has 0 fully saturated rings. The summed E-state index contributed by atoms with van der Waals surface area (Å²) in [5.41, 5.74) is 9.52. The van der Waals surface area contributed by atoms with Crippen LogP contribution in [0.1, 0.15) is 19.2 Å². The van der Waals surface area contributed by atoms with Crippen molar-refractivity contribution in [3.05, 3.63) is 131 Å². The predicted octanol–water partition coefficient (Wildman–Crippen LogP) is 6.40. The molecule has 13 heteroatoms. The van der Waals surface area contributed by atoms with Gasteiger partial charge >= 0.3 is 5.89 Å². The van der Waals surface area contributed by atoms with Gasteiger partial charge in [-0.25, -0.2) is 16.8 Å². The molecule has 0 saturated carbocycles. The second kappa shape index (κ2) is 12.3. The molecule has 11 nitrogen and oxygen atoms in total. The molecule has 0 saturated heterocycles. The molecule has 0 unspecified atom stereocenters. The van der Waals surface area contributed by atoms with Crippen LogP contribution in [0.5, 0.6) is 5.75 Å². The molecule has 4 aromatic carbocycles. The lowest BCUT2D eigenvalue weighted by atomic mass is 10.1. The van der Waals surface area contributed by atoms with Gasteiger partial charge in [-0.1, -0.05) is 67.3 Å². The highest BCUT2D eigenvalue weighted by Gasteiger charge is 2.34. The zero-order valence-corrected chi connectivity index (χ0v) is 28.4. The maximum absolute atomic E-state index is 12.6. The second-order valence-electron chi connectivity index (χ2n) is 11.6. The number of hydrogen-bond donors (Lipinski definition) is 0. The van der Waals surface area contributed by atoms with Crippen LogP contribution in [0.25, 0.3) is 50.1 Å². The number of oxazole rings is 1. The summed E-state index contributed by atoms with van der Waals surface area (Å²) < 4.78 is 89.7. The number of benzene rings is 4. The number of ether oxygens (including phenoxy) is 1. The molecule has 6 aromatic rings. The molecular weight excluding hydrogens is 679 g/mol. The quantitative estimate of drug-likeness (QED) is 0.0997. The third-order valence-corrected chi connectivity index (χ3v) is 9.79. The van der Waals surface area contributed by atoms with Gasteiger partial charge < -0.3 is 22.8 Å². The highest BCUT2D eigenvalue weighted by molar-refractivity contribution is 7.89. The molecule has 50 heavy (non-hydrogen) atoms. The summed E-state index contributed by atoms with van der Waals surface area (Å²) in [6, 6.07) is 25.9. The number of fused-ring (bicyclic) bond motifs is 5. The molecule has 2 aromatic heterocycles. The minimum Gasteiger partial charge on any atom is -0.743 e. The first-order valence-corrected chi connectivity index (χ1v) is 18.3. The number of para-hydroxylation sites is 1. The first kappa shape index (κ1) is 32.9. The topological polar surface area (TPSA) is 149 Å². The number of rotatable bonds is 8. The van der Waals surface area contributed by atoms with E-state index in [4.69, 9.17) is 9.15 Å². The molecular formula is C37H28N3O8S2-. The number of allylic oxidation sites excluding steroid dienone is 2. The van der Waals surface area contributed by atoms with Crippen molar-refractivity contribution in [1.82, 2.24) is 4.57 Å². The molecule has 7 rings (SSSR count). The van der Waals surface area contributed by atoms with Gasteiger partial charge in [0.2, 0.25) is 17.3 Å². The predicted molar refractivity (Wildman–Crippen MR) is 187 cm³/mol. The highest BCUT2D eigenvalue weighted by atomic mass is 32.2. The van der Waals surface area contributed by atoms with E-state index < -0.39 is 31.1 Å². The van der Waals surface area contributed by atoms with Crippen LogP contribution in [0.4, 0.5) is 5.69 Å². The van der Waals surface area contributed by atoms with Gasteiger partial charge in [0.05, 0.1) is 17.3 Å². The fraction of sp³-hybridized carbons (Fsp3) is 0.108. The van der Waals surface area contributed by atoms with E-state index in [9.17, 15) is 25.9 Å². The molecule has 0 atom stereocenters. The van der Waals surface area contributed by atoms with Crippen LogP contribution in [0.15, 0.2) is 130 Å². The van der Waals surface area contributed by atoms with E-state index in [1.807, 2.05) is 79.2 Å². The van der Waals surface area contributed by atoms with Gasteiger partial charge in [0.1, 0.15) is 10.1 Å². The number of aromatic nitrogens is 2. The van der Waals surface area contributed by atoms with Crippen LogP contribution in [0.2, 0.25) is 0 Å². The molecule has 0 amide bonds. The van der Waals surface area contributed by atoms with Crippen molar-refractivity contribution in [2.24, 2.45) is 7.05 Å². The van der Waals surface area contributed by atoms with Crippen molar-refractivity contribution >= 4 is 64.9 Å². The Morgan fingerprint density at radius 2 is 1.66 bits per heavy atom. The summed E-state index contributed by atoms with van der Waals surface area (Å²) in [6.45, 7) is 5.24. The van der Waals surface area contributed by atoms with Gasteiger partial charge in [0, 0.05) is 41.5 Å². The van der Waals surface area contributed by atoms with Crippen molar-refractivity contribution < 1.29 is 39.7 Å². The zero-order chi connectivity index (χ0) is 35.4. The minimum absolute atomic E-state index is 0.0460. The van der Waals surface area contributed by atoms with E-state index in [-0.39, 0.29) is 23.2 Å². The molecule has 252 valence electrons. The van der Waals surface area contributed by atoms with E-state index in [1.54, 1.807) is 24.3 Å². The Labute approximate surface area is 287 Å². The Kier molecular flexibility index (Phi) is 8.12. The first-order chi connectivity index (χ1) is 23.9. The summed E-state index contributed by atoms with van der Waals surface area (Å²) >= 11 is 0. The molecule has 1 aliphatic rings. The molecule has 0 radical (unpaired) electrons. The average Bonchev–Trinajstić information content (AvgIpc) is 3.69. The monoisotopic (exact) mass is 706 g/mol. The number of aryl methyl sites for hydroxylation is 1. The van der Waals surface area contributed by atoms with Crippen LogP contribution in [0, 0.1) is 0 Å². The van der Waals surface area contributed by atoms with E-state index in [0.29, 0.717) is 23.1 Å². The first-order valence-electron chi connectivity index (χ1n) is 15.3. The Balaban J connectivity index is 1.41. The maximum Gasteiger partial charge on any atom is 0.375 e. The Bertz CT molecular complexity index is 2750. The standard InChI is InChI=1S/C37H29N3O8S2/c1-4-11-37(50(44,45)46)40-32-21-28-27-14-9-10-15-29(27)38(3)30(28)22-34(32)48-36(40)19-24(5-2)18-35-39(23-49(41,42)43)31-20-26(16-17-33(31)47-35)25-12-7-6-8-13-25/h6-10,12-22H,1,5,23H2,2-3H3,(H-,41,42,43,44,45,46)/p-1. The third kappa shape index (κ3) is 5.95. The maximum atomic E-state index is 12.6. The zero-order valence-electron chi connectivity index (χ0n) is 26.8. The van der Waals surface area contributed by atoms with Crippen LogP contribution in [-0.4, -0.2) is 30.5 Å². The van der Waals surface area contributed by atoms with Crippen molar-refractivity contribution in [3.63, 3.8) is 0 Å². The van der Waals surface area contributed by atoms with Gasteiger partial charge in [0.15, 0.2) is 20.9 Å². The lowest BCUT2D eigenvalue weighted by Crippen LogP contribution is -2.39. The molecule has 0 aliphatic carbocycles. The van der Waals surface area contributed by atoms with Gasteiger partial charge in [-0.15, -0.1) is 4.57 Å². The fourth-order valence-electron chi connectivity index (χ4n) is 6.19. The average molecular weight is 707 g/mol. The SMILES string of the molecule is C=C=C=C(N1C(=CC(=Cc2oc3ccc(-c4ccccc4)cc3[n+]2CS(=O)(=O)[O-])CC)Oc2cc3c(cc21)c1ccccc1n3C)S(=O)(=O)[O-]. The van der Waals surface area contributed by atoms with Gasteiger partial charge in [-0.3, -0.25) is 4.90 Å². The van der Waals surface area contributed by atoms with E-state index in [1.165, 1.54) is 16.7 Å². The van der Waals surface area contributed by atoms with Gasteiger partial charge in [0.25, 0.3) is 5.52 Å². The number of hydrogen-bond acceptors (Lipinski definition) is 9. The smallest absolute Gasteiger partial charge is 0.375 e. The van der Waals surface area contributed by atoms with Crippen molar-refractivity contribution in [1.29, 1.82) is 0 Å². The van der Waals surface area contributed by atoms with Crippen molar-refractivity contribution in [2.45, 2.75) is 19.2 Å². The van der Waals surface area contributed by atoms with Crippen molar-refractivity contribution in [2.75, 3.05) is 4.90 Å². The lowest BCUT2D eigenvalue weighted by Gasteiger charge is -2.22. The van der Waals surface area contributed by atoms with Crippen LogP contribution < -0.4 is 14.2 Å². The second-order valence-corrected chi connectivity index (χ2v) is 14.2. The summed E-state index contributed by atoms with van der Waals surface area (Å²) in [5.74, 6) is -0.620. The summed E-state index contributed by atoms with van der Waals surface area (Å²) in [4.78, 5) is 1.14. The lowest BCUT2D eigenvalue weighted by molar-refractivity contribution is -0.658. The molecule has 0 bridgehead atoms. The summed E-state index contributed by atoms with van der Waals surface area (Å²) in [7, 11) is -8.01. The highest BCUT2D eigenvalue weighted by Crippen LogP contribution is 2.46. The van der Waals surface area contributed by atoms with Gasteiger partial charge in [-0.05, 0) is 53.6 Å². The van der Waals surface area contributed by atoms with E-state index in [2.05, 4.69) is 18.0 Å². The Hall–Kier alpha value is -5.65. The van der Waals surface area contributed by atoms with Crippen molar-refractivity contribution in [3.8, 4) is 16.9 Å². The molecule has 3 heterocycles. The van der Waals surface area contributed by atoms with Crippen LogP contribution in [-0.2, 0) is 33.2 Å². The molecule has 0 N–H and O–H groups in total. The normalized spacial score (nSPS) is 14.3. The Morgan fingerprint density at radius 3 is 2.36 bits per heavy atom. The largest absolute Gasteiger partial charge is 0.743 e. The van der Waals surface area contributed by atoms with Crippen LogP contribution >= 0.6 is 0 Å². The van der Waals surface area contributed by atoms with Gasteiger partial charge in [-0.2, -0.15) is 0 Å². The molecule has 0 spiro atoms. The Morgan fingerprint density at radius 1 is 0.920 bits per heavy atom.